The van der Waals surface area contributed by atoms with E-state index < -0.39 is 5.82 Å². The number of carbonyl (C=O) groups excluding carboxylic acids is 2. The smallest absolute Gasteiger partial charge is 0.258 e. The van der Waals surface area contributed by atoms with E-state index in [-0.39, 0.29) is 18.4 Å². The van der Waals surface area contributed by atoms with Gasteiger partial charge in [0.1, 0.15) is 12.4 Å². The molecule has 0 aromatic heterocycles. The monoisotopic (exact) mass is 322 g/mol. The molecule has 0 saturated heterocycles. The number of benzene rings is 2. The number of amides is 2. The third-order valence-corrected chi connectivity index (χ3v) is 4.43. The van der Waals surface area contributed by atoms with Crippen LogP contribution in [0.4, 0.5) is 4.39 Å². The summed E-state index contributed by atoms with van der Waals surface area (Å²) in [4.78, 5) is 28.2. The van der Waals surface area contributed by atoms with Gasteiger partial charge in [-0.1, -0.05) is 24.3 Å². The molecule has 0 spiro atoms. The molecule has 4 rings (SSSR count). The molecule has 0 atom stereocenters. The van der Waals surface area contributed by atoms with E-state index in [0.29, 0.717) is 12.1 Å². The van der Waals surface area contributed by atoms with Gasteiger partial charge in [-0.05, 0) is 36.2 Å². The standard InChI is InChI=1S/C19H15FN2O2/c20-15-7-5-14(6-8-15)19(24)21-11-17-16-4-2-1-3-13(16)9-10-22(17)18(23)12-21/h1-8,11H,9-10,12H2. The molecule has 0 aliphatic carbocycles. The van der Waals surface area contributed by atoms with Gasteiger partial charge in [-0.15, -0.1) is 0 Å². The first-order valence-electron chi connectivity index (χ1n) is 7.80. The number of rotatable bonds is 1. The van der Waals surface area contributed by atoms with Crippen molar-refractivity contribution in [1.29, 1.82) is 0 Å². The first-order valence-corrected chi connectivity index (χ1v) is 7.80. The summed E-state index contributed by atoms with van der Waals surface area (Å²) >= 11 is 0. The van der Waals surface area contributed by atoms with Crippen molar-refractivity contribution in [3.05, 3.63) is 77.2 Å². The van der Waals surface area contributed by atoms with Crippen molar-refractivity contribution in [2.75, 3.05) is 13.1 Å². The molecule has 0 bridgehead atoms. The molecule has 2 aromatic rings. The molecule has 0 saturated carbocycles. The van der Waals surface area contributed by atoms with Crippen LogP contribution in [0.5, 0.6) is 0 Å². The van der Waals surface area contributed by atoms with Gasteiger partial charge in [0.2, 0.25) is 5.91 Å². The quantitative estimate of drug-likeness (QED) is 0.810. The van der Waals surface area contributed by atoms with Gasteiger partial charge in [0.25, 0.3) is 5.91 Å². The van der Waals surface area contributed by atoms with Crippen LogP contribution in [0, 0.1) is 5.82 Å². The Morgan fingerprint density at radius 3 is 2.58 bits per heavy atom. The SMILES string of the molecule is O=C(c1ccc(F)cc1)N1C=C2c3ccccc3CCN2C(=O)C1. The van der Waals surface area contributed by atoms with Crippen molar-refractivity contribution in [1.82, 2.24) is 9.80 Å². The van der Waals surface area contributed by atoms with Crippen LogP contribution in [0.2, 0.25) is 0 Å². The van der Waals surface area contributed by atoms with E-state index >= 15 is 0 Å². The molecule has 0 N–H and O–H groups in total. The zero-order chi connectivity index (χ0) is 16.7. The topological polar surface area (TPSA) is 40.6 Å². The molecule has 0 unspecified atom stereocenters. The van der Waals surface area contributed by atoms with Crippen LogP contribution in [-0.2, 0) is 11.2 Å². The first kappa shape index (κ1) is 14.6. The van der Waals surface area contributed by atoms with E-state index in [1.165, 1.54) is 34.7 Å². The minimum Gasteiger partial charge on any atom is -0.309 e. The van der Waals surface area contributed by atoms with E-state index in [0.717, 1.165) is 17.7 Å². The van der Waals surface area contributed by atoms with Gasteiger partial charge < -0.3 is 9.80 Å². The minimum absolute atomic E-state index is 0.00186. The van der Waals surface area contributed by atoms with Gasteiger partial charge in [0, 0.05) is 23.9 Å². The zero-order valence-electron chi connectivity index (χ0n) is 12.9. The predicted octanol–water partition coefficient (Wildman–Crippen LogP) is 2.66. The molecule has 2 aliphatic heterocycles. The maximum Gasteiger partial charge on any atom is 0.258 e. The Labute approximate surface area is 138 Å². The van der Waals surface area contributed by atoms with E-state index in [4.69, 9.17) is 0 Å². The fourth-order valence-electron chi connectivity index (χ4n) is 3.20. The van der Waals surface area contributed by atoms with Gasteiger partial charge in [0.15, 0.2) is 0 Å². The van der Waals surface area contributed by atoms with Crippen molar-refractivity contribution in [3.8, 4) is 0 Å². The Morgan fingerprint density at radius 2 is 1.79 bits per heavy atom. The second kappa shape index (κ2) is 5.60. The van der Waals surface area contributed by atoms with E-state index in [2.05, 4.69) is 0 Å². The number of hydrogen-bond donors (Lipinski definition) is 0. The van der Waals surface area contributed by atoms with Gasteiger partial charge in [0.05, 0.1) is 5.70 Å². The summed E-state index contributed by atoms with van der Waals surface area (Å²) in [6, 6.07) is 13.3. The first-order chi connectivity index (χ1) is 11.6. The summed E-state index contributed by atoms with van der Waals surface area (Å²) in [7, 11) is 0. The van der Waals surface area contributed by atoms with Crippen LogP contribution in [0.1, 0.15) is 21.5 Å². The molecular weight excluding hydrogens is 307 g/mol. The van der Waals surface area contributed by atoms with Gasteiger partial charge in [-0.2, -0.15) is 0 Å². The molecule has 2 aromatic carbocycles. The summed E-state index contributed by atoms with van der Waals surface area (Å²) in [5.74, 6) is -0.803. The van der Waals surface area contributed by atoms with Gasteiger partial charge >= 0.3 is 0 Å². The molecule has 2 aliphatic rings. The molecular formula is C19H15FN2O2. The zero-order valence-corrected chi connectivity index (χ0v) is 12.9. The fourth-order valence-corrected chi connectivity index (χ4v) is 3.20. The lowest BCUT2D eigenvalue weighted by Crippen LogP contribution is -2.47. The summed E-state index contributed by atoms with van der Waals surface area (Å²) in [6.45, 7) is 0.627. The molecule has 120 valence electrons. The van der Waals surface area contributed by atoms with Crippen molar-refractivity contribution in [3.63, 3.8) is 0 Å². The molecule has 5 heteroatoms. The maximum absolute atomic E-state index is 13.0. The second-order valence-electron chi connectivity index (χ2n) is 5.91. The Balaban J connectivity index is 1.73. The molecule has 0 radical (unpaired) electrons. The summed E-state index contributed by atoms with van der Waals surface area (Å²) in [6.07, 6.45) is 2.54. The average molecular weight is 322 g/mol. The molecule has 2 amide bonds. The summed E-state index contributed by atoms with van der Waals surface area (Å²) in [5, 5.41) is 0. The fraction of sp³-hybridized carbons (Fsp3) is 0.158. The highest BCUT2D eigenvalue weighted by Crippen LogP contribution is 2.31. The van der Waals surface area contributed by atoms with Crippen LogP contribution in [0.3, 0.4) is 0 Å². The number of halogens is 1. The van der Waals surface area contributed by atoms with Crippen molar-refractivity contribution in [2.45, 2.75) is 6.42 Å². The highest BCUT2D eigenvalue weighted by molar-refractivity contribution is 6.01. The number of carbonyl (C=O) groups is 2. The average Bonchev–Trinajstić information content (AvgIpc) is 2.61. The second-order valence-corrected chi connectivity index (χ2v) is 5.91. The Kier molecular flexibility index (Phi) is 3.41. The summed E-state index contributed by atoms with van der Waals surface area (Å²) in [5.41, 5.74) is 3.26. The van der Waals surface area contributed by atoms with E-state index in [9.17, 15) is 14.0 Å². The molecule has 2 heterocycles. The Bertz CT molecular complexity index is 858. The number of nitrogens with zero attached hydrogens (tertiary/aromatic N) is 2. The van der Waals surface area contributed by atoms with Gasteiger partial charge in [-0.3, -0.25) is 9.59 Å². The lowest BCUT2D eigenvalue weighted by molar-refractivity contribution is -0.129. The van der Waals surface area contributed by atoms with Crippen molar-refractivity contribution < 1.29 is 14.0 Å². The van der Waals surface area contributed by atoms with Crippen LogP contribution in [0.15, 0.2) is 54.7 Å². The molecule has 4 nitrogen and oxygen atoms in total. The Hall–Kier alpha value is -2.95. The summed E-state index contributed by atoms with van der Waals surface area (Å²) < 4.78 is 13.0. The number of fused-ring (bicyclic) bond motifs is 3. The minimum atomic E-state index is -0.396. The van der Waals surface area contributed by atoms with Gasteiger partial charge in [-0.25, -0.2) is 4.39 Å². The Morgan fingerprint density at radius 1 is 1.04 bits per heavy atom. The number of hydrogen-bond acceptors (Lipinski definition) is 2. The van der Waals surface area contributed by atoms with Crippen molar-refractivity contribution >= 4 is 17.5 Å². The van der Waals surface area contributed by atoms with Crippen LogP contribution in [0.25, 0.3) is 5.70 Å². The molecule has 24 heavy (non-hydrogen) atoms. The predicted molar refractivity (Wildman–Crippen MR) is 87.3 cm³/mol. The van der Waals surface area contributed by atoms with E-state index in [1.807, 2.05) is 24.3 Å². The third kappa shape index (κ3) is 2.38. The third-order valence-electron chi connectivity index (χ3n) is 4.43. The van der Waals surface area contributed by atoms with Crippen LogP contribution >= 0.6 is 0 Å². The van der Waals surface area contributed by atoms with Crippen LogP contribution < -0.4 is 0 Å². The van der Waals surface area contributed by atoms with E-state index in [1.54, 1.807) is 11.1 Å². The lowest BCUT2D eigenvalue weighted by atomic mass is 9.95. The lowest BCUT2D eigenvalue weighted by Gasteiger charge is -2.37. The largest absolute Gasteiger partial charge is 0.309 e. The van der Waals surface area contributed by atoms with Crippen molar-refractivity contribution in [2.24, 2.45) is 0 Å². The normalized spacial score (nSPS) is 16.4. The maximum atomic E-state index is 13.0. The van der Waals surface area contributed by atoms with Crippen LogP contribution in [-0.4, -0.2) is 34.7 Å². The highest BCUT2D eigenvalue weighted by atomic mass is 19.1. The highest BCUT2D eigenvalue weighted by Gasteiger charge is 2.32. The molecule has 0 fully saturated rings.